The van der Waals surface area contributed by atoms with Crippen LogP contribution in [0, 0.1) is 0 Å². The van der Waals surface area contributed by atoms with E-state index in [9.17, 15) is 24.0 Å². The SMILES string of the molecule is CC(N)C(=O)NC(CCCN=C(N)N)C(=O)NC(CC(=O)O)C(=O)NC(CO)C(=O)O. The van der Waals surface area contributed by atoms with Crippen LogP contribution in [0.3, 0.4) is 0 Å². The molecule has 0 fully saturated rings. The molecule has 0 aliphatic heterocycles. The van der Waals surface area contributed by atoms with E-state index in [1.807, 2.05) is 5.32 Å². The van der Waals surface area contributed by atoms with Gasteiger partial charge < -0.3 is 48.5 Å². The van der Waals surface area contributed by atoms with Crippen LogP contribution in [-0.4, -0.2) is 88.3 Å². The minimum absolute atomic E-state index is 0.0247. The number of carboxylic acids is 2. The number of carbonyl (C=O) groups is 5. The van der Waals surface area contributed by atoms with Crippen LogP contribution < -0.4 is 33.2 Å². The largest absolute Gasteiger partial charge is 0.481 e. The molecule has 15 heteroatoms. The molecule has 0 aromatic rings. The van der Waals surface area contributed by atoms with Crippen molar-refractivity contribution in [3.8, 4) is 0 Å². The molecular weight excluding hydrogens is 418 g/mol. The number of aliphatic hydroxyl groups excluding tert-OH is 1. The molecule has 176 valence electrons. The Morgan fingerprint density at radius 3 is 1.87 bits per heavy atom. The Balaban J connectivity index is 5.40. The number of carboxylic acid groups (broad SMARTS) is 2. The summed E-state index contributed by atoms with van der Waals surface area (Å²) in [6.07, 6.45) is -0.606. The van der Waals surface area contributed by atoms with Crippen LogP contribution in [0.25, 0.3) is 0 Å². The van der Waals surface area contributed by atoms with Crippen LogP contribution >= 0.6 is 0 Å². The van der Waals surface area contributed by atoms with Crippen molar-refractivity contribution in [1.29, 1.82) is 0 Å². The van der Waals surface area contributed by atoms with E-state index >= 15 is 0 Å². The van der Waals surface area contributed by atoms with Crippen LogP contribution in [0.4, 0.5) is 0 Å². The van der Waals surface area contributed by atoms with Crippen molar-refractivity contribution in [2.75, 3.05) is 13.2 Å². The van der Waals surface area contributed by atoms with Crippen molar-refractivity contribution in [2.24, 2.45) is 22.2 Å². The lowest BCUT2D eigenvalue weighted by Gasteiger charge is -2.23. The van der Waals surface area contributed by atoms with Gasteiger partial charge in [-0.25, -0.2) is 4.79 Å². The van der Waals surface area contributed by atoms with Gasteiger partial charge in [0.05, 0.1) is 19.1 Å². The second kappa shape index (κ2) is 13.7. The molecule has 3 amide bonds. The molecule has 12 N–H and O–H groups in total. The summed E-state index contributed by atoms with van der Waals surface area (Å²) in [6, 6.07) is -5.53. The number of aliphatic hydroxyl groups is 1. The van der Waals surface area contributed by atoms with E-state index < -0.39 is 66.9 Å². The first kappa shape index (κ1) is 27.5. The van der Waals surface area contributed by atoms with Crippen LogP contribution in [0.5, 0.6) is 0 Å². The van der Waals surface area contributed by atoms with E-state index in [2.05, 4.69) is 15.6 Å². The number of nitrogens with one attached hydrogen (secondary N) is 3. The van der Waals surface area contributed by atoms with Crippen molar-refractivity contribution >= 4 is 35.6 Å². The fraction of sp³-hybridized carbons (Fsp3) is 0.625. The summed E-state index contributed by atoms with van der Waals surface area (Å²) in [5, 5.41) is 33.4. The number of hydrogen-bond acceptors (Lipinski definition) is 8. The third-order valence-corrected chi connectivity index (χ3v) is 3.80. The lowest BCUT2D eigenvalue weighted by molar-refractivity contribution is -0.144. The first-order valence-electron chi connectivity index (χ1n) is 9.16. The number of amides is 3. The molecule has 0 saturated heterocycles. The van der Waals surface area contributed by atoms with E-state index in [1.165, 1.54) is 6.92 Å². The Bertz CT molecular complexity index is 693. The molecular formula is C16H29N7O8. The highest BCUT2D eigenvalue weighted by Gasteiger charge is 2.31. The number of nitrogens with two attached hydrogens (primary N) is 3. The van der Waals surface area contributed by atoms with Crippen molar-refractivity contribution in [3.05, 3.63) is 0 Å². The third kappa shape index (κ3) is 11.3. The minimum Gasteiger partial charge on any atom is -0.481 e. The normalized spacial score (nSPS) is 14.3. The van der Waals surface area contributed by atoms with Gasteiger partial charge in [-0.1, -0.05) is 0 Å². The van der Waals surface area contributed by atoms with Crippen molar-refractivity contribution in [3.63, 3.8) is 0 Å². The van der Waals surface area contributed by atoms with Gasteiger partial charge in [0, 0.05) is 6.54 Å². The van der Waals surface area contributed by atoms with Gasteiger partial charge in [0.25, 0.3) is 0 Å². The third-order valence-electron chi connectivity index (χ3n) is 3.80. The lowest BCUT2D eigenvalue weighted by atomic mass is 10.1. The fourth-order valence-corrected chi connectivity index (χ4v) is 2.19. The number of hydrogen-bond donors (Lipinski definition) is 9. The van der Waals surface area contributed by atoms with Gasteiger partial charge in [-0.2, -0.15) is 0 Å². The first-order valence-corrected chi connectivity index (χ1v) is 9.16. The smallest absolute Gasteiger partial charge is 0.328 e. The minimum atomic E-state index is -1.70. The number of carbonyl (C=O) groups excluding carboxylic acids is 3. The van der Waals surface area contributed by atoms with Gasteiger partial charge in [-0.15, -0.1) is 0 Å². The van der Waals surface area contributed by atoms with Crippen molar-refractivity contribution in [1.82, 2.24) is 16.0 Å². The highest BCUT2D eigenvalue weighted by molar-refractivity contribution is 5.95. The highest BCUT2D eigenvalue weighted by atomic mass is 16.4. The molecule has 0 aromatic heterocycles. The molecule has 31 heavy (non-hydrogen) atoms. The van der Waals surface area contributed by atoms with E-state index in [1.54, 1.807) is 0 Å². The van der Waals surface area contributed by atoms with Gasteiger partial charge in [-0.3, -0.25) is 24.2 Å². The summed E-state index contributed by atoms with van der Waals surface area (Å²) in [5.74, 6) is -5.91. The maximum Gasteiger partial charge on any atom is 0.328 e. The summed E-state index contributed by atoms with van der Waals surface area (Å²) < 4.78 is 0. The van der Waals surface area contributed by atoms with Gasteiger partial charge in [0.2, 0.25) is 17.7 Å². The van der Waals surface area contributed by atoms with Gasteiger partial charge in [-0.05, 0) is 19.8 Å². The van der Waals surface area contributed by atoms with E-state index in [4.69, 9.17) is 32.5 Å². The van der Waals surface area contributed by atoms with Crippen LogP contribution in [0.2, 0.25) is 0 Å². The zero-order valence-corrected chi connectivity index (χ0v) is 16.9. The molecule has 0 radical (unpaired) electrons. The van der Waals surface area contributed by atoms with Crippen LogP contribution in [0.1, 0.15) is 26.2 Å². The Labute approximate surface area is 177 Å². The molecule has 4 unspecified atom stereocenters. The number of aliphatic carboxylic acids is 2. The zero-order valence-electron chi connectivity index (χ0n) is 16.9. The van der Waals surface area contributed by atoms with Crippen LogP contribution in [0.15, 0.2) is 4.99 Å². The predicted octanol–water partition coefficient (Wildman–Crippen LogP) is -4.61. The number of nitrogens with zero attached hydrogens (tertiary/aromatic N) is 1. The van der Waals surface area contributed by atoms with Crippen molar-refractivity contribution < 1.29 is 39.3 Å². The molecule has 0 bridgehead atoms. The summed E-state index contributed by atoms with van der Waals surface area (Å²) >= 11 is 0. The van der Waals surface area contributed by atoms with E-state index in [0.717, 1.165) is 0 Å². The Morgan fingerprint density at radius 2 is 1.42 bits per heavy atom. The standard InChI is InChI=1S/C16H29N7O8/c1-7(17)12(27)21-8(3-2-4-20-16(18)19)13(28)22-9(5-11(25)26)14(29)23-10(6-24)15(30)31/h7-10,24H,2-6,17H2,1H3,(H,21,27)(H,22,28)(H,23,29)(H,25,26)(H,30,31)(H4,18,19,20). The monoisotopic (exact) mass is 447 g/mol. The lowest BCUT2D eigenvalue weighted by Crippen LogP contribution is -2.57. The summed E-state index contributed by atoms with van der Waals surface area (Å²) in [5.41, 5.74) is 15.9. The van der Waals surface area contributed by atoms with Gasteiger partial charge in [0.1, 0.15) is 18.1 Å². The molecule has 0 heterocycles. The summed E-state index contributed by atoms with van der Waals surface area (Å²) in [4.78, 5) is 62.6. The number of rotatable bonds is 14. The fourth-order valence-electron chi connectivity index (χ4n) is 2.19. The van der Waals surface area contributed by atoms with Gasteiger partial charge >= 0.3 is 11.9 Å². The second-order valence-electron chi connectivity index (χ2n) is 6.54. The van der Waals surface area contributed by atoms with Gasteiger partial charge in [0.15, 0.2) is 5.96 Å². The quantitative estimate of drug-likeness (QED) is 0.0693. The molecule has 15 nitrogen and oxygen atoms in total. The average Bonchev–Trinajstić information content (AvgIpc) is 2.66. The Kier molecular flexibility index (Phi) is 12.2. The predicted molar refractivity (Wildman–Crippen MR) is 106 cm³/mol. The second-order valence-corrected chi connectivity index (χ2v) is 6.54. The number of guanidine groups is 1. The summed E-state index contributed by atoms with van der Waals surface area (Å²) in [6.45, 7) is 0.563. The molecule has 0 saturated carbocycles. The maximum absolute atomic E-state index is 12.6. The zero-order chi connectivity index (χ0) is 24.1. The van der Waals surface area contributed by atoms with Crippen molar-refractivity contribution in [2.45, 2.75) is 50.4 Å². The molecule has 0 aromatic carbocycles. The molecule has 0 rings (SSSR count). The maximum atomic E-state index is 12.6. The Morgan fingerprint density at radius 1 is 0.903 bits per heavy atom. The molecule has 0 aliphatic carbocycles. The summed E-state index contributed by atoms with van der Waals surface area (Å²) in [7, 11) is 0. The van der Waals surface area contributed by atoms with Crippen LogP contribution in [-0.2, 0) is 24.0 Å². The molecule has 4 atom stereocenters. The highest BCUT2D eigenvalue weighted by Crippen LogP contribution is 2.03. The first-order chi connectivity index (χ1) is 14.4. The Hall–Kier alpha value is -3.46. The number of aliphatic imine (C=N–C) groups is 1. The van der Waals surface area contributed by atoms with E-state index in [-0.39, 0.29) is 25.3 Å². The van der Waals surface area contributed by atoms with E-state index in [0.29, 0.717) is 0 Å². The average molecular weight is 447 g/mol. The molecule has 0 spiro atoms. The molecule has 0 aliphatic rings. The topological polar surface area (TPSA) is 273 Å².